The highest BCUT2D eigenvalue weighted by molar-refractivity contribution is 7.09. The molecule has 0 spiro atoms. The number of rotatable bonds is 5. The van der Waals surface area contributed by atoms with Gasteiger partial charge in [0.25, 0.3) is 0 Å². The summed E-state index contributed by atoms with van der Waals surface area (Å²) in [7, 11) is 0. The first-order valence-corrected chi connectivity index (χ1v) is 7.88. The van der Waals surface area contributed by atoms with Crippen molar-refractivity contribution in [2.24, 2.45) is 0 Å². The van der Waals surface area contributed by atoms with Crippen LogP contribution in [0.5, 0.6) is 0 Å². The minimum Gasteiger partial charge on any atom is -0.481 e. The molecule has 0 aliphatic heterocycles. The van der Waals surface area contributed by atoms with E-state index >= 15 is 0 Å². The molecule has 0 fully saturated rings. The predicted octanol–water partition coefficient (Wildman–Crippen LogP) is 4.42. The lowest BCUT2D eigenvalue weighted by Crippen LogP contribution is -2.07. The minimum absolute atomic E-state index is 0.0474. The SMILES string of the molecule is O=C(O)CC(c1cccc(-c2ccccc2)c1)c1nccs1. The zero-order valence-corrected chi connectivity index (χ0v) is 12.7. The Labute approximate surface area is 132 Å². The maximum atomic E-state index is 11.2. The molecule has 0 saturated carbocycles. The largest absolute Gasteiger partial charge is 0.481 e. The molecular weight excluding hydrogens is 294 g/mol. The van der Waals surface area contributed by atoms with Gasteiger partial charge >= 0.3 is 5.97 Å². The molecule has 1 atom stereocenters. The summed E-state index contributed by atoms with van der Waals surface area (Å²) < 4.78 is 0. The number of nitrogens with zero attached hydrogens (tertiary/aromatic N) is 1. The number of hydrogen-bond acceptors (Lipinski definition) is 3. The van der Waals surface area contributed by atoms with Gasteiger partial charge < -0.3 is 5.11 Å². The van der Waals surface area contributed by atoms with Crippen molar-refractivity contribution < 1.29 is 9.90 Å². The van der Waals surface area contributed by atoms with Crippen molar-refractivity contribution in [1.82, 2.24) is 4.98 Å². The Morgan fingerprint density at radius 3 is 2.55 bits per heavy atom. The van der Waals surface area contributed by atoms with Gasteiger partial charge in [0.05, 0.1) is 6.42 Å². The summed E-state index contributed by atoms with van der Waals surface area (Å²) in [5.41, 5.74) is 3.20. The normalized spacial score (nSPS) is 12.0. The van der Waals surface area contributed by atoms with E-state index in [1.165, 1.54) is 11.3 Å². The maximum Gasteiger partial charge on any atom is 0.304 e. The molecule has 22 heavy (non-hydrogen) atoms. The molecule has 0 saturated heterocycles. The van der Waals surface area contributed by atoms with E-state index in [-0.39, 0.29) is 12.3 Å². The molecule has 3 nitrogen and oxygen atoms in total. The van der Waals surface area contributed by atoms with Crippen LogP contribution in [-0.2, 0) is 4.79 Å². The van der Waals surface area contributed by atoms with Gasteiger partial charge in [-0.1, -0.05) is 54.6 Å². The van der Waals surface area contributed by atoms with Crippen molar-refractivity contribution in [2.45, 2.75) is 12.3 Å². The van der Waals surface area contributed by atoms with Crippen LogP contribution >= 0.6 is 11.3 Å². The Morgan fingerprint density at radius 2 is 1.86 bits per heavy atom. The van der Waals surface area contributed by atoms with E-state index < -0.39 is 5.97 Å². The predicted molar refractivity (Wildman–Crippen MR) is 88.1 cm³/mol. The Kier molecular flexibility index (Phi) is 4.30. The summed E-state index contributed by atoms with van der Waals surface area (Å²) >= 11 is 1.50. The fourth-order valence-electron chi connectivity index (χ4n) is 2.49. The van der Waals surface area contributed by atoms with Crippen LogP contribution in [-0.4, -0.2) is 16.1 Å². The van der Waals surface area contributed by atoms with E-state index in [0.717, 1.165) is 21.7 Å². The average molecular weight is 309 g/mol. The molecule has 3 rings (SSSR count). The van der Waals surface area contributed by atoms with Gasteiger partial charge in [-0.25, -0.2) is 4.98 Å². The zero-order chi connectivity index (χ0) is 15.4. The maximum absolute atomic E-state index is 11.2. The van der Waals surface area contributed by atoms with Crippen LogP contribution in [0.3, 0.4) is 0 Å². The third kappa shape index (κ3) is 3.23. The number of carbonyl (C=O) groups is 1. The lowest BCUT2D eigenvalue weighted by Gasteiger charge is -2.14. The number of hydrogen-bond donors (Lipinski definition) is 1. The number of aliphatic carboxylic acids is 1. The van der Waals surface area contributed by atoms with Crippen LogP contribution in [0.25, 0.3) is 11.1 Å². The van der Waals surface area contributed by atoms with Crippen LogP contribution in [0.1, 0.15) is 22.9 Å². The van der Waals surface area contributed by atoms with Crippen LogP contribution in [0.15, 0.2) is 66.2 Å². The monoisotopic (exact) mass is 309 g/mol. The quantitative estimate of drug-likeness (QED) is 0.759. The molecule has 2 aromatic carbocycles. The first-order chi connectivity index (χ1) is 10.7. The van der Waals surface area contributed by atoms with Gasteiger partial charge in [0.1, 0.15) is 5.01 Å². The molecule has 4 heteroatoms. The van der Waals surface area contributed by atoms with E-state index in [2.05, 4.69) is 23.2 Å². The molecule has 1 aromatic heterocycles. The smallest absolute Gasteiger partial charge is 0.304 e. The molecule has 0 amide bonds. The van der Waals surface area contributed by atoms with Crippen molar-refractivity contribution in [3.05, 3.63) is 76.7 Å². The molecule has 3 aromatic rings. The number of benzene rings is 2. The Bertz CT molecular complexity index is 754. The molecule has 0 bridgehead atoms. The van der Waals surface area contributed by atoms with Gasteiger partial charge in [-0.3, -0.25) is 4.79 Å². The van der Waals surface area contributed by atoms with Gasteiger partial charge in [-0.05, 0) is 16.7 Å². The van der Waals surface area contributed by atoms with Crippen LogP contribution in [0.4, 0.5) is 0 Å². The second-order valence-corrected chi connectivity index (χ2v) is 5.94. The van der Waals surface area contributed by atoms with Gasteiger partial charge in [-0.2, -0.15) is 0 Å². The molecule has 110 valence electrons. The molecule has 1 N–H and O–H groups in total. The first-order valence-electron chi connectivity index (χ1n) is 7.00. The van der Waals surface area contributed by atoms with Crippen molar-refractivity contribution in [2.75, 3.05) is 0 Å². The van der Waals surface area contributed by atoms with Gasteiger partial charge in [0.15, 0.2) is 0 Å². The van der Waals surface area contributed by atoms with E-state index in [9.17, 15) is 9.90 Å². The number of carboxylic acids is 1. The Hall–Kier alpha value is -2.46. The number of thiazole rings is 1. The van der Waals surface area contributed by atoms with E-state index in [4.69, 9.17) is 0 Å². The molecular formula is C18H15NO2S. The highest BCUT2D eigenvalue weighted by Gasteiger charge is 2.20. The minimum atomic E-state index is -0.815. The van der Waals surface area contributed by atoms with Crippen molar-refractivity contribution in [1.29, 1.82) is 0 Å². The van der Waals surface area contributed by atoms with Crippen LogP contribution in [0.2, 0.25) is 0 Å². The van der Waals surface area contributed by atoms with Crippen molar-refractivity contribution in [3.8, 4) is 11.1 Å². The summed E-state index contributed by atoms with van der Waals surface area (Å²) in [4.78, 5) is 15.5. The molecule has 1 unspecified atom stereocenters. The summed E-state index contributed by atoms with van der Waals surface area (Å²) in [6.07, 6.45) is 1.77. The fourth-order valence-corrected chi connectivity index (χ4v) is 3.26. The second-order valence-electron chi connectivity index (χ2n) is 5.01. The Morgan fingerprint density at radius 1 is 1.09 bits per heavy atom. The molecule has 1 heterocycles. The summed E-state index contributed by atoms with van der Waals surface area (Å²) in [5, 5.41) is 11.9. The summed E-state index contributed by atoms with van der Waals surface area (Å²) in [6.45, 7) is 0. The van der Waals surface area contributed by atoms with Gasteiger partial charge in [0, 0.05) is 17.5 Å². The van der Waals surface area contributed by atoms with Gasteiger partial charge in [-0.15, -0.1) is 11.3 Å². The Balaban J connectivity index is 2.00. The second kappa shape index (κ2) is 6.54. The van der Waals surface area contributed by atoms with Crippen molar-refractivity contribution in [3.63, 3.8) is 0 Å². The first kappa shape index (κ1) is 14.5. The van der Waals surface area contributed by atoms with E-state index in [1.54, 1.807) is 6.20 Å². The highest BCUT2D eigenvalue weighted by Crippen LogP contribution is 2.32. The lowest BCUT2D eigenvalue weighted by molar-refractivity contribution is -0.137. The standard InChI is InChI=1S/C18H15NO2S/c20-17(21)12-16(18-19-9-10-22-18)15-8-4-7-14(11-15)13-5-2-1-3-6-13/h1-11,16H,12H2,(H,20,21). The summed E-state index contributed by atoms with van der Waals surface area (Å²) in [6, 6.07) is 18.1. The molecule has 0 radical (unpaired) electrons. The van der Waals surface area contributed by atoms with E-state index in [1.807, 2.05) is 41.8 Å². The number of carboxylic acid groups (broad SMARTS) is 1. The third-order valence-electron chi connectivity index (χ3n) is 3.52. The average Bonchev–Trinajstić information content (AvgIpc) is 3.08. The highest BCUT2D eigenvalue weighted by atomic mass is 32.1. The topological polar surface area (TPSA) is 50.2 Å². The van der Waals surface area contributed by atoms with Crippen molar-refractivity contribution >= 4 is 17.3 Å². The number of aromatic nitrogens is 1. The zero-order valence-electron chi connectivity index (χ0n) is 11.8. The summed E-state index contributed by atoms with van der Waals surface area (Å²) in [5.74, 6) is -1.02. The lowest BCUT2D eigenvalue weighted by atomic mass is 9.93. The molecule has 0 aliphatic rings. The molecule has 0 aliphatic carbocycles. The van der Waals surface area contributed by atoms with Crippen LogP contribution < -0.4 is 0 Å². The third-order valence-corrected chi connectivity index (χ3v) is 4.41. The van der Waals surface area contributed by atoms with Crippen LogP contribution in [0, 0.1) is 0 Å². The van der Waals surface area contributed by atoms with Gasteiger partial charge in [0.2, 0.25) is 0 Å². The fraction of sp³-hybridized carbons (Fsp3) is 0.111. The van der Waals surface area contributed by atoms with E-state index in [0.29, 0.717) is 0 Å².